The number of nitrogens with one attached hydrogen (secondary N) is 2. The summed E-state index contributed by atoms with van der Waals surface area (Å²) in [6.07, 6.45) is 6.09. The molecule has 2 heterocycles. The van der Waals surface area contributed by atoms with Crippen LogP contribution in [-0.2, 0) is 21.2 Å². The Morgan fingerprint density at radius 1 is 1.21 bits per heavy atom. The van der Waals surface area contributed by atoms with Gasteiger partial charge in [-0.15, -0.1) is 0 Å². The predicted molar refractivity (Wildman–Crippen MR) is 103 cm³/mol. The third-order valence-electron chi connectivity index (χ3n) is 4.88. The van der Waals surface area contributed by atoms with Gasteiger partial charge < -0.3 is 0 Å². The summed E-state index contributed by atoms with van der Waals surface area (Å²) in [6.45, 7) is 1.48. The molecule has 3 N–H and O–H groups in total. The number of carbonyl (C=O) groups is 1. The van der Waals surface area contributed by atoms with Crippen molar-refractivity contribution in [1.29, 1.82) is 0 Å². The summed E-state index contributed by atoms with van der Waals surface area (Å²) in [6, 6.07) is 9.72. The lowest BCUT2D eigenvalue weighted by Crippen LogP contribution is -2.49. The van der Waals surface area contributed by atoms with Gasteiger partial charge in [-0.2, -0.15) is 10.2 Å². The van der Waals surface area contributed by atoms with E-state index in [0.29, 0.717) is 0 Å². The van der Waals surface area contributed by atoms with Crippen LogP contribution in [0.2, 0.25) is 0 Å². The lowest BCUT2D eigenvalue weighted by Gasteiger charge is -2.24. The highest BCUT2D eigenvalue weighted by Gasteiger charge is 2.43. The Balaban J connectivity index is 1.74. The maximum Gasteiger partial charge on any atom is 0.264 e. The Hall–Kier alpha value is -2.98. The minimum Gasteiger partial charge on any atom is -0.289 e. The molecule has 0 aliphatic heterocycles. The molecule has 2 aromatic heterocycles. The number of sulfone groups is 1. The number of aryl methyl sites for hydroxylation is 1. The van der Waals surface area contributed by atoms with Crippen LogP contribution >= 0.6 is 0 Å². The van der Waals surface area contributed by atoms with Gasteiger partial charge in [-0.05, 0) is 30.5 Å². The molecule has 0 aliphatic carbocycles. The molecule has 0 aliphatic rings. The van der Waals surface area contributed by atoms with E-state index in [2.05, 4.69) is 15.3 Å². The van der Waals surface area contributed by atoms with E-state index in [1.54, 1.807) is 23.3 Å². The predicted octanol–water partition coefficient (Wildman–Crippen LogP) is 1.64. The summed E-state index contributed by atoms with van der Waals surface area (Å²) >= 11 is 0. The van der Waals surface area contributed by atoms with Gasteiger partial charge in [0.05, 0.1) is 11.9 Å². The van der Waals surface area contributed by atoms with E-state index >= 15 is 0 Å². The number of aromatic nitrogens is 4. The van der Waals surface area contributed by atoms with Gasteiger partial charge in [-0.3, -0.25) is 19.8 Å². The first-order valence-corrected chi connectivity index (χ1v) is 10.4. The molecule has 0 radical (unpaired) electrons. The van der Waals surface area contributed by atoms with Crippen molar-refractivity contribution in [3.05, 3.63) is 48.9 Å². The molecule has 0 bridgehead atoms. The zero-order chi connectivity index (χ0) is 20.4. The first-order valence-electron chi connectivity index (χ1n) is 8.51. The Labute approximate surface area is 162 Å². The number of hydrogen-bond acceptors (Lipinski definition) is 6. The van der Waals surface area contributed by atoms with Crippen LogP contribution in [0.4, 0.5) is 0 Å². The largest absolute Gasteiger partial charge is 0.289 e. The molecule has 28 heavy (non-hydrogen) atoms. The van der Waals surface area contributed by atoms with E-state index in [1.165, 1.54) is 12.4 Å². The maximum absolute atomic E-state index is 12.0. The summed E-state index contributed by atoms with van der Waals surface area (Å²) in [5, 5.41) is 20.0. The second kappa shape index (κ2) is 7.56. The van der Waals surface area contributed by atoms with Crippen LogP contribution in [0, 0.1) is 0 Å². The maximum atomic E-state index is 12.0. The molecular formula is C18H21N5O4S. The fourth-order valence-corrected chi connectivity index (χ4v) is 3.65. The lowest BCUT2D eigenvalue weighted by molar-refractivity contribution is -0.131. The summed E-state index contributed by atoms with van der Waals surface area (Å²) in [5.74, 6) is -0.961. The summed E-state index contributed by atoms with van der Waals surface area (Å²) < 4.78 is 23.9. The number of carbonyl (C=O) groups excluding carboxylic acids is 1. The SMILES string of the molecule is CC(CCn1cc(-c2ccc(-c3ccn[nH]3)cc2)cn1)(C(=O)NO)S(C)(=O)=O. The van der Waals surface area contributed by atoms with E-state index in [1.807, 2.05) is 30.3 Å². The first kappa shape index (κ1) is 19.8. The van der Waals surface area contributed by atoms with Crippen LogP contribution < -0.4 is 5.48 Å². The molecule has 1 unspecified atom stereocenters. The lowest BCUT2D eigenvalue weighted by atomic mass is 10.1. The summed E-state index contributed by atoms with van der Waals surface area (Å²) in [7, 11) is -3.74. The molecule has 148 valence electrons. The van der Waals surface area contributed by atoms with Crippen molar-refractivity contribution in [3.63, 3.8) is 0 Å². The van der Waals surface area contributed by atoms with Crippen molar-refractivity contribution in [3.8, 4) is 22.4 Å². The van der Waals surface area contributed by atoms with Crippen molar-refractivity contribution in [2.75, 3.05) is 6.26 Å². The second-order valence-electron chi connectivity index (χ2n) is 6.73. The molecule has 0 saturated heterocycles. The molecule has 1 aromatic carbocycles. The van der Waals surface area contributed by atoms with Crippen molar-refractivity contribution in [1.82, 2.24) is 25.5 Å². The average molecular weight is 403 g/mol. The molecule has 1 amide bonds. The second-order valence-corrected chi connectivity index (χ2v) is 9.18. The highest BCUT2D eigenvalue weighted by atomic mass is 32.2. The van der Waals surface area contributed by atoms with E-state index in [-0.39, 0.29) is 13.0 Å². The highest BCUT2D eigenvalue weighted by molar-refractivity contribution is 7.92. The minimum absolute atomic E-state index is 0.0297. The molecular weight excluding hydrogens is 382 g/mol. The Bertz CT molecular complexity index is 1060. The Morgan fingerprint density at radius 3 is 2.46 bits per heavy atom. The van der Waals surface area contributed by atoms with Gasteiger partial charge in [-0.25, -0.2) is 13.9 Å². The van der Waals surface area contributed by atoms with E-state index < -0.39 is 20.5 Å². The number of benzene rings is 1. The number of rotatable bonds is 7. The van der Waals surface area contributed by atoms with Crippen molar-refractivity contribution in [2.45, 2.75) is 24.6 Å². The van der Waals surface area contributed by atoms with Gasteiger partial charge in [0.25, 0.3) is 5.91 Å². The van der Waals surface area contributed by atoms with E-state index in [0.717, 1.165) is 28.6 Å². The molecule has 9 nitrogen and oxygen atoms in total. The zero-order valence-corrected chi connectivity index (χ0v) is 16.3. The van der Waals surface area contributed by atoms with Crippen LogP contribution in [0.3, 0.4) is 0 Å². The van der Waals surface area contributed by atoms with Gasteiger partial charge in [0.15, 0.2) is 14.6 Å². The normalized spacial score (nSPS) is 13.8. The highest BCUT2D eigenvalue weighted by Crippen LogP contribution is 2.25. The van der Waals surface area contributed by atoms with Crippen LogP contribution in [0.1, 0.15) is 13.3 Å². The molecule has 0 fully saturated rings. The standard InChI is InChI=1S/C18H21N5O4S/c1-18(17(24)22-25,28(2,26)27)8-10-23-12-15(11-20-23)13-3-5-14(6-4-13)16-7-9-19-21-16/h3-7,9,11-12,25H,8,10H2,1-2H3,(H,19,21)(H,22,24). The van der Waals surface area contributed by atoms with Gasteiger partial charge in [0.1, 0.15) is 0 Å². The van der Waals surface area contributed by atoms with Gasteiger partial charge in [-0.1, -0.05) is 24.3 Å². The van der Waals surface area contributed by atoms with Crippen LogP contribution in [-0.4, -0.2) is 50.5 Å². The molecule has 3 rings (SSSR count). The number of hydrogen-bond donors (Lipinski definition) is 3. The van der Waals surface area contributed by atoms with E-state index in [4.69, 9.17) is 5.21 Å². The fraction of sp³-hybridized carbons (Fsp3) is 0.278. The summed E-state index contributed by atoms with van der Waals surface area (Å²) in [5.41, 5.74) is 5.19. The number of nitrogens with zero attached hydrogens (tertiary/aromatic N) is 3. The zero-order valence-electron chi connectivity index (χ0n) is 15.5. The molecule has 1 atom stereocenters. The Morgan fingerprint density at radius 2 is 1.89 bits per heavy atom. The Kier molecular flexibility index (Phi) is 5.34. The average Bonchev–Trinajstić information content (AvgIpc) is 3.36. The third kappa shape index (κ3) is 3.82. The number of hydroxylamine groups is 1. The molecule has 0 saturated carbocycles. The van der Waals surface area contributed by atoms with Crippen LogP contribution in [0.25, 0.3) is 22.4 Å². The third-order valence-corrected chi connectivity index (χ3v) is 6.91. The van der Waals surface area contributed by atoms with Crippen LogP contribution in [0.5, 0.6) is 0 Å². The summed E-state index contributed by atoms with van der Waals surface area (Å²) in [4.78, 5) is 11.9. The monoisotopic (exact) mass is 403 g/mol. The van der Waals surface area contributed by atoms with Gasteiger partial charge >= 0.3 is 0 Å². The van der Waals surface area contributed by atoms with Gasteiger partial charge in [0, 0.05) is 30.8 Å². The van der Waals surface area contributed by atoms with Crippen molar-refractivity contribution < 1.29 is 18.4 Å². The number of H-pyrrole nitrogens is 1. The van der Waals surface area contributed by atoms with Gasteiger partial charge in [0.2, 0.25) is 0 Å². The molecule has 3 aromatic rings. The number of amides is 1. The first-order chi connectivity index (χ1) is 13.2. The molecule has 10 heteroatoms. The fourth-order valence-electron chi connectivity index (χ4n) is 2.81. The van der Waals surface area contributed by atoms with Crippen LogP contribution in [0.15, 0.2) is 48.9 Å². The topological polar surface area (TPSA) is 130 Å². The smallest absolute Gasteiger partial charge is 0.264 e. The van der Waals surface area contributed by atoms with Crippen molar-refractivity contribution in [2.24, 2.45) is 0 Å². The minimum atomic E-state index is -3.74. The van der Waals surface area contributed by atoms with E-state index in [9.17, 15) is 13.2 Å². The quantitative estimate of drug-likeness (QED) is 0.406. The molecule has 0 spiro atoms. The number of aromatic amines is 1. The van der Waals surface area contributed by atoms with Crippen molar-refractivity contribution >= 4 is 15.7 Å².